The largest absolute Gasteiger partial charge is 0.294 e. The monoisotopic (exact) mass is 664 g/mol. The lowest BCUT2D eigenvalue weighted by molar-refractivity contribution is 1.07. The standard InChI is InChI=1S/C48H32N4/c1-3-17-33(18-4-1)51-46-39(35-21-7-9-23-37(35)43-29-11-13-31-49-43)25-15-27-41(46)45-42-28-16-26-40(47(42)52(48(45)51)34-19-5-2-6-20-34)36-22-8-10-24-38(36)44-30-12-14-32-50-44/h1-32H. The van der Waals surface area contributed by atoms with Crippen LogP contribution in [0.4, 0.5) is 0 Å². The average Bonchev–Trinajstić information content (AvgIpc) is 3.75. The van der Waals surface area contributed by atoms with E-state index in [1.165, 1.54) is 16.2 Å². The molecule has 0 bridgehead atoms. The molecule has 0 saturated heterocycles. The first kappa shape index (κ1) is 29.8. The van der Waals surface area contributed by atoms with Crippen LogP contribution in [0.5, 0.6) is 0 Å². The van der Waals surface area contributed by atoms with Crippen molar-refractivity contribution in [2.45, 2.75) is 0 Å². The molecule has 4 heteroatoms. The molecule has 4 heterocycles. The highest BCUT2D eigenvalue weighted by molar-refractivity contribution is 6.26. The van der Waals surface area contributed by atoms with Crippen molar-refractivity contribution in [3.8, 4) is 56.1 Å². The van der Waals surface area contributed by atoms with Crippen molar-refractivity contribution in [2.75, 3.05) is 0 Å². The second kappa shape index (κ2) is 12.4. The lowest BCUT2D eigenvalue weighted by Gasteiger charge is -2.18. The van der Waals surface area contributed by atoms with Crippen LogP contribution in [0.2, 0.25) is 0 Å². The third kappa shape index (κ3) is 4.69. The highest BCUT2D eigenvalue weighted by atomic mass is 15.1. The summed E-state index contributed by atoms with van der Waals surface area (Å²) in [7, 11) is 0. The van der Waals surface area contributed by atoms with Crippen LogP contribution in [0.25, 0.3) is 89.0 Å². The molecule has 0 N–H and O–H groups in total. The predicted molar refractivity (Wildman–Crippen MR) is 215 cm³/mol. The van der Waals surface area contributed by atoms with Crippen molar-refractivity contribution < 1.29 is 0 Å². The summed E-state index contributed by atoms with van der Waals surface area (Å²) in [5, 5.41) is 3.61. The molecule has 244 valence electrons. The highest BCUT2D eigenvalue weighted by Gasteiger charge is 2.27. The van der Waals surface area contributed by atoms with Crippen LogP contribution in [0.1, 0.15) is 0 Å². The summed E-state index contributed by atoms with van der Waals surface area (Å²) in [5.41, 5.74) is 14.3. The Kier molecular flexibility index (Phi) is 7.10. The van der Waals surface area contributed by atoms with Crippen molar-refractivity contribution in [2.24, 2.45) is 0 Å². The van der Waals surface area contributed by atoms with E-state index in [-0.39, 0.29) is 0 Å². The Morgan fingerprint density at radius 2 is 0.692 bits per heavy atom. The van der Waals surface area contributed by atoms with Gasteiger partial charge in [-0.3, -0.25) is 19.1 Å². The van der Waals surface area contributed by atoms with Gasteiger partial charge in [-0.05, 0) is 59.7 Å². The molecule has 0 radical (unpaired) electrons. The zero-order valence-corrected chi connectivity index (χ0v) is 28.3. The minimum Gasteiger partial charge on any atom is -0.294 e. The van der Waals surface area contributed by atoms with Gasteiger partial charge in [0.15, 0.2) is 0 Å². The SMILES string of the molecule is c1ccc(-n2c3c(-c4ccccc4-c4ccccn4)cccc3c3c4cccc(-c5ccccc5-c5ccccn5)c4n(-c4ccccc4)c32)cc1. The second-order valence-electron chi connectivity index (χ2n) is 13.0. The molecule has 10 rings (SSSR count). The van der Waals surface area contributed by atoms with Gasteiger partial charge < -0.3 is 0 Å². The Hall–Kier alpha value is -7.04. The van der Waals surface area contributed by atoms with E-state index in [2.05, 4.69) is 179 Å². The van der Waals surface area contributed by atoms with E-state index in [4.69, 9.17) is 9.97 Å². The Bertz CT molecular complexity index is 2680. The fourth-order valence-corrected chi connectivity index (χ4v) is 7.91. The van der Waals surface area contributed by atoms with Crippen molar-refractivity contribution >= 4 is 32.8 Å². The zero-order chi connectivity index (χ0) is 34.4. The number of para-hydroxylation sites is 4. The van der Waals surface area contributed by atoms with Crippen LogP contribution in [-0.4, -0.2) is 19.1 Å². The lowest BCUT2D eigenvalue weighted by Crippen LogP contribution is -2.03. The van der Waals surface area contributed by atoms with Gasteiger partial charge in [0, 0.05) is 62.2 Å². The smallest absolute Gasteiger partial charge is 0.131 e. The molecule has 0 aliphatic heterocycles. The Labute approximate surface area is 301 Å². The van der Waals surface area contributed by atoms with E-state index in [9.17, 15) is 0 Å². The summed E-state index contributed by atoms with van der Waals surface area (Å²) in [6, 6.07) is 64.5. The summed E-state index contributed by atoms with van der Waals surface area (Å²) in [4.78, 5) is 9.55. The van der Waals surface area contributed by atoms with Crippen LogP contribution in [-0.2, 0) is 0 Å². The topological polar surface area (TPSA) is 35.6 Å². The highest BCUT2D eigenvalue weighted by Crippen LogP contribution is 2.47. The number of hydrogen-bond acceptors (Lipinski definition) is 2. The maximum atomic E-state index is 4.78. The molecule has 4 aromatic heterocycles. The summed E-state index contributed by atoms with van der Waals surface area (Å²) in [5.74, 6) is 0. The quantitative estimate of drug-likeness (QED) is 0.177. The molecule has 0 fully saturated rings. The van der Waals surface area contributed by atoms with Gasteiger partial charge >= 0.3 is 0 Å². The molecule has 0 atom stereocenters. The number of nitrogens with zero attached hydrogens (tertiary/aromatic N) is 4. The van der Waals surface area contributed by atoms with E-state index in [1.54, 1.807) is 0 Å². The third-order valence-corrected chi connectivity index (χ3v) is 10.1. The van der Waals surface area contributed by atoms with Gasteiger partial charge in [-0.15, -0.1) is 0 Å². The number of hydrogen-bond donors (Lipinski definition) is 0. The predicted octanol–water partition coefficient (Wildman–Crippen LogP) is 12.2. The molecule has 0 aliphatic rings. The second-order valence-corrected chi connectivity index (χ2v) is 13.0. The first-order chi connectivity index (χ1) is 25.9. The van der Waals surface area contributed by atoms with E-state index in [1.807, 2.05) is 24.5 Å². The van der Waals surface area contributed by atoms with Crippen molar-refractivity contribution in [3.63, 3.8) is 0 Å². The summed E-state index contributed by atoms with van der Waals surface area (Å²) >= 11 is 0. The molecule has 4 nitrogen and oxygen atoms in total. The molecule has 52 heavy (non-hydrogen) atoms. The molecule has 0 spiro atoms. The fraction of sp³-hybridized carbons (Fsp3) is 0. The Balaban J connectivity index is 1.39. The molecule has 10 aromatic rings. The lowest BCUT2D eigenvalue weighted by atomic mass is 9.94. The molecular weight excluding hydrogens is 633 g/mol. The zero-order valence-electron chi connectivity index (χ0n) is 28.3. The first-order valence-electron chi connectivity index (χ1n) is 17.6. The van der Waals surface area contributed by atoms with Gasteiger partial charge in [-0.2, -0.15) is 0 Å². The van der Waals surface area contributed by atoms with Crippen molar-refractivity contribution in [1.29, 1.82) is 0 Å². The molecule has 0 amide bonds. The molecule has 0 aliphatic carbocycles. The van der Waals surface area contributed by atoms with E-state index < -0.39 is 0 Å². The van der Waals surface area contributed by atoms with E-state index in [0.29, 0.717) is 0 Å². The summed E-state index contributed by atoms with van der Waals surface area (Å²) < 4.78 is 4.94. The van der Waals surface area contributed by atoms with Gasteiger partial charge in [0.1, 0.15) is 5.65 Å². The van der Waals surface area contributed by atoms with Crippen LogP contribution < -0.4 is 0 Å². The molecule has 0 unspecified atom stereocenters. The number of rotatable bonds is 6. The van der Waals surface area contributed by atoms with Gasteiger partial charge in [-0.1, -0.05) is 133 Å². The summed E-state index contributed by atoms with van der Waals surface area (Å²) in [6.07, 6.45) is 3.73. The van der Waals surface area contributed by atoms with Gasteiger partial charge in [0.25, 0.3) is 0 Å². The Morgan fingerprint density at radius 3 is 1.12 bits per heavy atom. The maximum absolute atomic E-state index is 4.78. The molecule has 0 saturated carbocycles. The van der Waals surface area contributed by atoms with Crippen LogP contribution >= 0.6 is 0 Å². The number of pyridine rings is 2. The number of aromatic nitrogens is 4. The van der Waals surface area contributed by atoms with Gasteiger partial charge in [0.05, 0.1) is 22.4 Å². The van der Waals surface area contributed by atoms with Crippen LogP contribution in [0, 0.1) is 0 Å². The van der Waals surface area contributed by atoms with Gasteiger partial charge in [-0.25, -0.2) is 0 Å². The first-order valence-corrected chi connectivity index (χ1v) is 17.6. The number of fused-ring (bicyclic) bond motifs is 5. The normalized spacial score (nSPS) is 11.5. The third-order valence-electron chi connectivity index (χ3n) is 10.1. The van der Waals surface area contributed by atoms with Gasteiger partial charge in [0.2, 0.25) is 0 Å². The van der Waals surface area contributed by atoms with Crippen molar-refractivity contribution in [3.05, 3.63) is 194 Å². The minimum absolute atomic E-state index is 0.952. The molecule has 6 aromatic carbocycles. The minimum atomic E-state index is 0.952. The average molecular weight is 665 g/mol. The summed E-state index contributed by atoms with van der Waals surface area (Å²) in [6.45, 7) is 0. The fourth-order valence-electron chi connectivity index (χ4n) is 7.91. The van der Waals surface area contributed by atoms with E-state index in [0.717, 1.165) is 72.8 Å². The van der Waals surface area contributed by atoms with Crippen LogP contribution in [0.15, 0.2) is 194 Å². The number of benzene rings is 6. The maximum Gasteiger partial charge on any atom is 0.131 e. The van der Waals surface area contributed by atoms with Crippen LogP contribution in [0.3, 0.4) is 0 Å². The van der Waals surface area contributed by atoms with Crippen molar-refractivity contribution in [1.82, 2.24) is 19.1 Å². The molecular formula is C48H32N4. The Morgan fingerprint density at radius 1 is 0.308 bits per heavy atom. The van der Waals surface area contributed by atoms with E-state index >= 15 is 0 Å².